The zero-order chi connectivity index (χ0) is 28.3. The first-order valence-electron chi connectivity index (χ1n) is 13.0. The quantitative estimate of drug-likeness (QED) is 0.294. The van der Waals surface area contributed by atoms with Gasteiger partial charge < -0.3 is 15.0 Å². The number of hydrogen-bond donors (Lipinski definition) is 1. The van der Waals surface area contributed by atoms with Gasteiger partial charge in [0.15, 0.2) is 0 Å². The van der Waals surface area contributed by atoms with Crippen molar-refractivity contribution in [1.82, 2.24) is 19.6 Å². The number of nitrogens with zero attached hydrogens (tertiary/aromatic N) is 4. The van der Waals surface area contributed by atoms with Gasteiger partial charge in [0.05, 0.1) is 10.7 Å². The molecule has 1 saturated heterocycles. The number of carbonyl (C=O) groups excluding carboxylic acids is 1. The van der Waals surface area contributed by atoms with Crippen molar-refractivity contribution in [2.45, 2.75) is 32.8 Å². The van der Waals surface area contributed by atoms with Crippen molar-refractivity contribution in [3.8, 4) is 5.75 Å². The van der Waals surface area contributed by atoms with Gasteiger partial charge in [0, 0.05) is 51.2 Å². The number of nitrogens with one attached hydrogen (secondary N) is 1. The molecular weight excluding hydrogens is 543 g/mol. The van der Waals surface area contributed by atoms with E-state index in [9.17, 15) is 18.0 Å². The lowest BCUT2D eigenvalue weighted by atomic mass is 10.1. The van der Waals surface area contributed by atoms with Gasteiger partial charge in [-0.1, -0.05) is 42.8 Å². The molecule has 4 aromatic rings. The average Bonchev–Trinajstić information content (AvgIpc) is 3.30. The second-order valence-electron chi connectivity index (χ2n) is 9.64. The summed E-state index contributed by atoms with van der Waals surface area (Å²) >= 11 is 6.14. The first-order chi connectivity index (χ1) is 19.2. The Morgan fingerprint density at radius 2 is 1.65 bits per heavy atom. The van der Waals surface area contributed by atoms with Crippen LogP contribution in [0.2, 0.25) is 5.02 Å². The fraction of sp³-hybridized carbons (Fsp3) is 0.310. The number of pyridine rings is 1. The summed E-state index contributed by atoms with van der Waals surface area (Å²) < 4.78 is 42.8. The van der Waals surface area contributed by atoms with Gasteiger partial charge in [0.25, 0.3) is 5.91 Å². The third kappa shape index (κ3) is 6.68. The summed E-state index contributed by atoms with van der Waals surface area (Å²) in [4.78, 5) is 22.2. The molecule has 7 nitrogen and oxygen atoms in total. The summed E-state index contributed by atoms with van der Waals surface area (Å²) in [5.74, 6) is -0.413. The summed E-state index contributed by atoms with van der Waals surface area (Å²) in [6.45, 7) is 6.36. The van der Waals surface area contributed by atoms with E-state index in [2.05, 4.69) is 37.0 Å². The van der Waals surface area contributed by atoms with E-state index in [1.165, 1.54) is 12.1 Å². The van der Waals surface area contributed by atoms with Crippen LogP contribution < -0.4 is 15.0 Å². The highest BCUT2D eigenvalue weighted by molar-refractivity contribution is 6.30. The third-order valence-electron chi connectivity index (χ3n) is 6.89. The van der Waals surface area contributed by atoms with E-state index >= 15 is 0 Å². The molecule has 1 aliphatic rings. The van der Waals surface area contributed by atoms with E-state index in [-0.39, 0.29) is 11.7 Å². The maximum Gasteiger partial charge on any atom is 0.573 e. The maximum atomic E-state index is 13.1. The van der Waals surface area contributed by atoms with Gasteiger partial charge in [0.2, 0.25) is 0 Å². The molecule has 1 amide bonds. The molecule has 1 N–H and O–H groups in total. The van der Waals surface area contributed by atoms with Crippen molar-refractivity contribution in [2.75, 3.05) is 31.1 Å². The molecule has 0 atom stereocenters. The van der Waals surface area contributed by atoms with E-state index < -0.39 is 6.36 Å². The molecule has 5 rings (SSSR count). The van der Waals surface area contributed by atoms with E-state index in [4.69, 9.17) is 11.6 Å². The molecule has 40 heavy (non-hydrogen) atoms. The lowest BCUT2D eigenvalue weighted by molar-refractivity contribution is -0.274. The lowest BCUT2D eigenvalue weighted by Gasteiger charge is -2.36. The highest BCUT2D eigenvalue weighted by atomic mass is 35.5. The molecule has 210 valence electrons. The summed E-state index contributed by atoms with van der Waals surface area (Å²) in [6, 6.07) is 17.7. The van der Waals surface area contributed by atoms with Crippen LogP contribution in [0.3, 0.4) is 0 Å². The second kappa shape index (κ2) is 11.8. The predicted octanol–water partition coefficient (Wildman–Crippen LogP) is 5.70. The first kappa shape index (κ1) is 27.8. The van der Waals surface area contributed by atoms with E-state index in [0.717, 1.165) is 48.7 Å². The molecule has 11 heteroatoms. The van der Waals surface area contributed by atoms with Crippen LogP contribution in [0.15, 0.2) is 66.9 Å². The van der Waals surface area contributed by atoms with Gasteiger partial charge in [-0.05, 0) is 53.9 Å². The van der Waals surface area contributed by atoms with Crippen molar-refractivity contribution >= 4 is 28.8 Å². The largest absolute Gasteiger partial charge is 0.573 e. The van der Waals surface area contributed by atoms with E-state index in [1.54, 1.807) is 34.9 Å². The molecule has 0 spiro atoms. The Hall–Kier alpha value is -3.76. The minimum Gasteiger partial charge on any atom is -0.406 e. The highest BCUT2D eigenvalue weighted by Crippen LogP contribution is 2.24. The van der Waals surface area contributed by atoms with Crippen molar-refractivity contribution in [2.24, 2.45) is 0 Å². The third-order valence-corrected chi connectivity index (χ3v) is 7.12. The monoisotopic (exact) mass is 571 g/mol. The number of halogens is 4. The highest BCUT2D eigenvalue weighted by Gasteiger charge is 2.31. The van der Waals surface area contributed by atoms with Crippen molar-refractivity contribution in [1.29, 1.82) is 0 Å². The molecule has 0 unspecified atom stereocenters. The van der Waals surface area contributed by atoms with Crippen LogP contribution in [-0.2, 0) is 19.5 Å². The molecule has 0 saturated carbocycles. The standard InChI is InChI=1S/C29H29ClF3N5O2/c1-2-25-27(38-19-22(30)7-12-26(38)35-25)28(39)34-17-20-3-8-23(9-4-20)37-15-13-36(14-16-37)18-21-5-10-24(11-6-21)40-29(31,32)33/h3-12,19H,2,13-18H2,1H3,(H,34,39). The summed E-state index contributed by atoms with van der Waals surface area (Å²) in [6.07, 6.45) is -2.35. The molecular formula is C29H29ClF3N5O2. The average molecular weight is 572 g/mol. The van der Waals surface area contributed by atoms with Crippen LogP contribution in [0.4, 0.5) is 18.9 Å². The van der Waals surface area contributed by atoms with Crippen LogP contribution in [0.1, 0.15) is 34.2 Å². The lowest BCUT2D eigenvalue weighted by Crippen LogP contribution is -2.45. The van der Waals surface area contributed by atoms with Crippen molar-refractivity contribution in [3.05, 3.63) is 94.4 Å². The Morgan fingerprint density at radius 1 is 0.975 bits per heavy atom. The number of aryl methyl sites for hydroxylation is 1. The molecule has 2 aromatic heterocycles. The summed E-state index contributed by atoms with van der Waals surface area (Å²) in [5.41, 5.74) is 4.94. The number of piperazine rings is 1. The topological polar surface area (TPSA) is 62.1 Å². The molecule has 1 aliphatic heterocycles. The second-order valence-corrected chi connectivity index (χ2v) is 10.1. The Bertz CT molecular complexity index is 1460. The fourth-order valence-electron chi connectivity index (χ4n) is 4.86. The minimum atomic E-state index is -4.69. The van der Waals surface area contributed by atoms with Crippen LogP contribution >= 0.6 is 11.6 Å². The number of hydrogen-bond acceptors (Lipinski definition) is 5. The van der Waals surface area contributed by atoms with E-state index in [0.29, 0.717) is 35.9 Å². The number of amides is 1. The molecule has 0 aliphatic carbocycles. The zero-order valence-electron chi connectivity index (χ0n) is 21.9. The smallest absolute Gasteiger partial charge is 0.406 e. The Kier molecular flexibility index (Phi) is 8.18. The SMILES string of the molecule is CCc1nc2ccc(Cl)cn2c1C(=O)NCc1ccc(N2CCN(Cc3ccc(OC(F)(F)F)cc3)CC2)cc1. The van der Waals surface area contributed by atoms with Crippen LogP contribution in [0.25, 0.3) is 5.65 Å². The number of anilines is 1. The number of benzene rings is 2. The van der Waals surface area contributed by atoms with Crippen LogP contribution in [0.5, 0.6) is 5.75 Å². The van der Waals surface area contributed by atoms with Gasteiger partial charge in [-0.15, -0.1) is 13.2 Å². The molecule has 3 heterocycles. The Labute approximate surface area is 235 Å². The van der Waals surface area contributed by atoms with Crippen molar-refractivity contribution in [3.63, 3.8) is 0 Å². The number of ether oxygens (including phenoxy) is 1. The number of imidazole rings is 1. The summed E-state index contributed by atoms with van der Waals surface area (Å²) in [7, 11) is 0. The predicted molar refractivity (Wildman–Crippen MR) is 148 cm³/mol. The number of aromatic nitrogens is 2. The van der Waals surface area contributed by atoms with Gasteiger partial charge in [0.1, 0.15) is 17.1 Å². The van der Waals surface area contributed by atoms with Crippen molar-refractivity contribution < 1.29 is 22.7 Å². The van der Waals surface area contributed by atoms with E-state index in [1.807, 2.05) is 19.1 Å². The number of carbonyl (C=O) groups is 1. The van der Waals surface area contributed by atoms with Gasteiger partial charge >= 0.3 is 6.36 Å². The fourth-order valence-corrected chi connectivity index (χ4v) is 5.02. The van der Waals surface area contributed by atoms with Gasteiger partial charge in [-0.3, -0.25) is 14.1 Å². The molecule has 0 bridgehead atoms. The number of rotatable bonds is 8. The Morgan fingerprint density at radius 3 is 2.30 bits per heavy atom. The minimum absolute atomic E-state index is 0.200. The Balaban J connectivity index is 1.12. The molecule has 0 radical (unpaired) electrons. The van der Waals surface area contributed by atoms with Crippen LogP contribution in [-0.4, -0.2) is 52.7 Å². The summed E-state index contributed by atoms with van der Waals surface area (Å²) in [5, 5.41) is 3.54. The molecule has 1 fully saturated rings. The number of fused-ring (bicyclic) bond motifs is 1. The van der Waals surface area contributed by atoms with Gasteiger partial charge in [-0.2, -0.15) is 0 Å². The van der Waals surface area contributed by atoms with Crippen LogP contribution in [0, 0.1) is 0 Å². The number of alkyl halides is 3. The molecule has 2 aromatic carbocycles. The normalized spacial score (nSPS) is 14.5. The van der Waals surface area contributed by atoms with Gasteiger partial charge in [-0.25, -0.2) is 4.98 Å². The maximum absolute atomic E-state index is 13.1. The zero-order valence-corrected chi connectivity index (χ0v) is 22.7. The first-order valence-corrected chi connectivity index (χ1v) is 13.4.